The second kappa shape index (κ2) is 6.65. The summed E-state index contributed by atoms with van der Waals surface area (Å²) in [6.07, 6.45) is 2.23. The lowest BCUT2D eigenvalue weighted by Crippen LogP contribution is -2.42. The summed E-state index contributed by atoms with van der Waals surface area (Å²) >= 11 is 0. The zero-order valence-electron chi connectivity index (χ0n) is 14.2. The highest BCUT2D eigenvalue weighted by Crippen LogP contribution is 2.41. The first-order valence-electron chi connectivity index (χ1n) is 8.61. The molecule has 2 aromatic carbocycles. The average molecular weight is 324 g/mol. The van der Waals surface area contributed by atoms with Gasteiger partial charge >= 0.3 is 0 Å². The highest BCUT2D eigenvalue weighted by Gasteiger charge is 2.44. The number of rotatable bonds is 3. The van der Waals surface area contributed by atoms with Gasteiger partial charge in [0.2, 0.25) is 0 Å². The standard InChI is InChI=1S/C20H24N2O2/c1-21-17(13-19(23-21)15-9-5-3-6-10-15)18-14-20(24-22(18)2)16-11-7-4-8-12-16/h3-12,17-20H,13-14H2,1-2H3. The quantitative estimate of drug-likeness (QED) is 0.859. The van der Waals surface area contributed by atoms with Gasteiger partial charge in [-0.2, -0.15) is 10.1 Å². The number of benzene rings is 2. The first-order chi connectivity index (χ1) is 11.7. The van der Waals surface area contributed by atoms with Crippen LogP contribution in [-0.2, 0) is 9.68 Å². The molecule has 4 atom stereocenters. The Hall–Kier alpha value is -1.72. The highest BCUT2D eigenvalue weighted by molar-refractivity contribution is 5.20. The van der Waals surface area contributed by atoms with Crippen molar-refractivity contribution in [1.82, 2.24) is 10.1 Å². The monoisotopic (exact) mass is 324 g/mol. The van der Waals surface area contributed by atoms with E-state index >= 15 is 0 Å². The van der Waals surface area contributed by atoms with E-state index in [-0.39, 0.29) is 12.2 Å². The van der Waals surface area contributed by atoms with Crippen LogP contribution in [0.2, 0.25) is 0 Å². The molecule has 4 heteroatoms. The van der Waals surface area contributed by atoms with E-state index in [9.17, 15) is 0 Å². The maximum Gasteiger partial charge on any atom is 0.106 e. The fourth-order valence-corrected chi connectivity index (χ4v) is 3.91. The van der Waals surface area contributed by atoms with Gasteiger partial charge in [-0.25, -0.2) is 0 Å². The molecule has 24 heavy (non-hydrogen) atoms. The van der Waals surface area contributed by atoms with Crippen LogP contribution in [0, 0.1) is 0 Å². The van der Waals surface area contributed by atoms with Gasteiger partial charge in [-0.1, -0.05) is 60.7 Å². The van der Waals surface area contributed by atoms with Crippen molar-refractivity contribution in [1.29, 1.82) is 0 Å². The van der Waals surface area contributed by atoms with Gasteiger partial charge in [0.25, 0.3) is 0 Å². The van der Waals surface area contributed by atoms with Crippen molar-refractivity contribution in [3.05, 3.63) is 71.8 Å². The maximum atomic E-state index is 6.11. The van der Waals surface area contributed by atoms with Crippen LogP contribution in [0.5, 0.6) is 0 Å². The summed E-state index contributed by atoms with van der Waals surface area (Å²) in [5, 5.41) is 4.05. The second-order valence-corrected chi connectivity index (χ2v) is 6.71. The predicted octanol–water partition coefficient (Wildman–Crippen LogP) is 3.74. The van der Waals surface area contributed by atoms with Gasteiger partial charge in [0.15, 0.2) is 0 Å². The summed E-state index contributed by atoms with van der Waals surface area (Å²) in [5.74, 6) is 0. The zero-order valence-corrected chi connectivity index (χ0v) is 14.2. The van der Waals surface area contributed by atoms with Crippen molar-refractivity contribution in [3.63, 3.8) is 0 Å². The third-order valence-corrected chi connectivity index (χ3v) is 5.22. The fourth-order valence-electron chi connectivity index (χ4n) is 3.91. The Morgan fingerprint density at radius 2 is 1.04 bits per heavy atom. The molecule has 4 nitrogen and oxygen atoms in total. The number of nitrogens with zero attached hydrogens (tertiary/aromatic N) is 2. The smallest absolute Gasteiger partial charge is 0.106 e. The third kappa shape index (κ3) is 2.98. The molecule has 0 aliphatic carbocycles. The lowest BCUT2D eigenvalue weighted by atomic mass is 9.94. The summed E-state index contributed by atoms with van der Waals surface area (Å²) in [6.45, 7) is 0. The van der Waals surface area contributed by atoms with Gasteiger partial charge in [-0.05, 0) is 24.0 Å². The van der Waals surface area contributed by atoms with E-state index in [4.69, 9.17) is 9.68 Å². The van der Waals surface area contributed by atoms with Gasteiger partial charge in [0, 0.05) is 14.1 Å². The Morgan fingerprint density at radius 3 is 1.42 bits per heavy atom. The van der Waals surface area contributed by atoms with Crippen LogP contribution in [0.25, 0.3) is 0 Å². The van der Waals surface area contributed by atoms with Gasteiger partial charge in [0.1, 0.15) is 12.2 Å². The first-order valence-corrected chi connectivity index (χ1v) is 8.61. The van der Waals surface area contributed by atoms with E-state index in [0.717, 1.165) is 12.8 Å². The Kier molecular flexibility index (Phi) is 4.37. The Morgan fingerprint density at radius 1 is 0.667 bits per heavy atom. The minimum absolute atomic E-state index is 0.130. The van der Waals surface area contributed by atoms with Crippen molar-refractivity contribution in [2.45, 2.75) is 37.1 Å². The van der Waals surface area contributed by atoms with Crippen LogP contribution in [0.4, 0.5) is 0 Å². The van der Waals surface area contributed by atoms with E-state index in [1.54, 1.807) is 0 Å². The molecule has 2 heterocycles. The number of hydroxylamine groups is 4. The summed E-state index contributed by atoms with van der Waals surface area (Å²) in [4.78, 5) is 12.2. The third-order valence-electron chi connectivity index (χ3n) is 5.22. The molecule has 2 saturated heterocycles. The van der Waals surface area contributed by atoms with Gasteiger partial charge < -0.3 is 0 Å². The van der Waals surface area contributed by atoms with Crippen LogP contribution in [0.1, 0.15) is 36.2 Å². The number of hydrogen-bond donors (Lipinski definition) is 0. The molecule has 126 valence electrons. The summed E-state index contributed by atoms with van der Waals surface area (Å²) in [5.41, 5.74) is 2.49. The molecule has 0 saturated carbocycles. The molecule has 4 rings (SSSR count). The Bertz CT molecular complexity index is 604. The molecule has 0 spiro atoms. The van der Waals surface area contributed by atoms with Gasteiger partial charge in [-0.15, -0.1) is 0 Å². The lowest BCUT2D eigenvalue weighted by Gasteiger charge is -2.27. The van der Waals surface area contributed by atoms with Crippen LogP contribution in [0.15, 0.2) is 60.7 Å². The van der Waals surface area contributed by atoms with E-state index in [2.05, 4.69) is 48.5 Å². The zero-order chi connectivity index (χ0) is 16.5. The normalized spacial score (nSPS) is 31.6. The average Bonchev–Trinajstić information content (AvgIpc) is 3.19. The minimum atomic E-state index is 0.130. The molecule has 2 aliphatic heterocycles. The van der Waals surface area contributed by atoms with Gasteiger partial charge in [0.05, 0.1) is 12.1 Å². The van der Waals surface area contributed by atoms with Crippen molar-refractivity contribution < 1.29 is 9.68 Å². The Balaban J connectivity index is 1.48. The molecular formula is C20H24N2O2. The molecule has 2 aliphatic rings. The van der Waals surface area contributed by atoms with E-state index in [1.807, 2.05) is 36.4 Å². The molecular weight excluding hydrogens is 300 g/mol. The second-order valence-electron chi connectivity index (χ2n) is 6.71. The van der Waals surface area contributed by atoms with Crippen molar-refractivity contribution in [3.8, 4) is 0 Å². The predicted molar refractivity (Wildman–Crippen MR) is 92.9 cm³/mol. The van der Waals surface area contributed by atoms with Crippen molar-refractivity contribution in [2.24, 2.45) is 0 Å². The lowest BCUT2D eigenvalue weighted by molar-refractivity contribution is -0.183. The SMILES string of the molecule is CN1OC(c2ccccc2)CC1C1CC(c2ccccc2)ON1C. The molecule has 0 aromatic heterocycles. The van der Waals surface area contributed by atoms with E-state index in [0.29, 0.717) is 12.1 Å². The van der Waals surface area contributed by atoms with E-state index < -0.39 is 0 Å². The summed E-state index contributed by atoms with van der Waals surface area (Å²) in [6, 6.07) is 21.6. The van der Waals surface area contributed by atoms with Gasteiger partial charge in [-0.3, -0.25) is 9.68 Å². The topological polar surface area (TPSA) is 24.9 Å². The minimum Gasteiger partial charge on any atom is -0.291 e. The molecule has 2 fully saturated rings. The van der Waals surface area contributed by atoms with Crippen LogP contribution in [-0.4, -0.2) is 36.3 Å². The molecule has 4 unspecified atom stereocenters. The molecule has 2 aromatic rings. The molecule has 0 amide bonds. The summed E-state index contributed by atoms with van der Waals surface area (Å²) in [7, 11) is 4.08. The summed E-state index contributed by atoms with van der Waals surface area (Å²) < 4.78 is 0. The Labute approximate surface area is 143 Å². The van der Waals surface area contributed by atoms with Crippen LogP contribution in [0.3, 0.4) is 0 Å². The largest absolute Gasteiger partial charge is 0.291 e. The van der Waals surface area contributed by atoms with Crippen LogP contribution >= 0.6 is 0 Å². The molecule has 0 N–H and O–H groups in total. The molecule has 0 radical (unpaired) electrons. The number of likely N-dealkylation sites (N-methyl/N-ethyl adjacent to an activating group) is 2. The fraction of sp³-hybridized carbons (Fsp3) is 0.400. The first kappa shape index (κ1) is 15.8. The number of hydrogen-bond acceptors (Lipinski definition) is 4. The van der Waals surface area contributed by atoms with Crippen molar-refractivity contribution >= 4 is 0 Å². The maximum absolute atomic E-state index is 6.11. The van der Waals surface area contributed by atoms with E-state index in [1.165, 1.54) is 11.1 Å². The van der Waals surface area contributed by atoms with Crippen LogP contribution < -0.4 is 0 Å². The van der Waals surface area contributed by atoms with Crippen molar-refractivity contribution in [2.75, 3.05) is 14.1 Å². The molecule has 0 bridgehead atoms. The highest BCUT2D eigenvalue weighted by atomic mass is 16.7.